The highest BCUT2D eigenvalue weighted by molar-refractivity contribution is 5.80. The van der Waals surface area contributed by atoms with Crippen LogP contribution in [0.15, 0.2) is 18.2 Å². The number of rotatable bonds is 5. The third kappa shape index (κ3) is 5.34. The van der Waals surface area contributed by atoms with Crippen molar-refractivity contribution in [1.29, 1.82) is 0 Å². The fourth-order valence-electron chi connectivity index (χ4n) is 2.87. The van der Waals surface area contributed by atoms with E-state index in [9.17, 15) is 14.0 Å². The van der Waals surface area contributed by atoms with Gasteiger partial charge in [0.05, 0.1) is 13.5 Å². The zero-order valence-electron chi connectivity index (χ0n) is 14.9. The molecule has 3 amide bonds. The van der Waals surface area contributed by atoms with Gasteiger partial charge in [-0.3, -0.25) is 4.79 Å². The molecule has 0 spiro atoms. The second kappa shape index (κ2) is 9.25. The topological polar surface area (TPSA) is 61.9 Å². The van der Waals surface area contributed by atoms with E-state index in [0.29, 0.717) is 44.0 Å². The van der Waals surface area contributed by atoms with Gasteiger partial charge in [0, 0.05) is 38.3 Å². The van der Waals surface area contributed by atoms with E-state index < -0.39 is 5.82 Å². The van der Waals surface area contributed by atoms with Crippen LogP contribution in [0.3, 0.4) is 0 Å². The Balaban J connectivity index is 1.95. The molecule has 1 aromatic carbocycles. The van der Waals surface area contributed by atoms with E-state index in [4.69, 9.17) is 4.74 Å². The molecule has 0 radical (unpaired) electrons. The molecule has 138 valence electrons. The molecule has 1 aliphatic heterocycles. The number of amides is 3. The molecule has 1 fully saturated rings. The molecule has 1 saturated heterocycles. The van der Waals surface area contributed by atoms with Crippen LogP contribution in [0.4, 0.5) is 9.18 Å². The van der Waals surface area contributed by atoms with E-state index in [2.05, 4.69) is 5.32 Å². The smallest absolute Gasteiger partial charge is 0.317 e. The van der Waals surface area contributed by atoms with Crippen molar-refractivity contribution in [3.8, 4) is 5.75 Å². The highest BCUT2D eigenvalue weighted by atomic mass is 19.1. The largest absolute Gasteiger partial charge is 0.496 e. The Bertz CT molecular complexity index is 609. The fraction of sp³-hybridized carbons (Fsp3) is 0.556. The molecule has 6 nitrogen and oxygen atoms in total. The summed E-state index contributed by atoms with van der Waals surface area (Å²) in [5.74, 6) is 0.0306. The second-order valence-electron chi connectivity index (χ2n) is 6.09. The summed E-state index contributed by atoms with van der Waals surface area (Å²) in [6.45, 7) is 4.86. The summed E-state index contributed by atoms with van der Waals surface area (Å²) in [5.41, 5.74) is 0.536. The monoisotopic (exact) mass is 351 g/mol. The third-order valence-electron chi connectivity index (χ3n) is 4.25. The molecule has 1 aromatic rings. The average Bonchev–Trinajstić information content (AvgIpc) is 2.86. The maximum atomic E-state index is 13.5. The third-order valence-corrected chi connectivity index (χ3v) is 4.25. The molecule has 25 heavy (non-hydrogen) atoms. The van der Waals surface area contributed by atoms with Crippen molar-refractivity contribution in [3.63, 3.8) is 0 Å². The summed E-state index contributed by atoms with van der Waals surface area (Å²) in [6.07, 6.45) is 1.70. The molecule has 0 bridgehead atoms. The Hall–Kier alpha value is -2.31. The Morgan fingerprint density at radius 3 is 2.64 bits per heavy atom. The van der Waals surface area contributed by atoms with Gasteiger partial charge in [-0.2, -0.15) is 0 Å². The van der Waals surface area contributed by atoms with Crippen LogP contribution in [0.1, 0.15) is 25.3 Å². The molecule has 0 atom stereocenters. The van der Waals surface area contributed by atoms with Crippen molar-refractivity contribution in [2.75, 3.05) is 39.8 Å². The Morgan fingerprint density at radius 2 is 1.92 bits per heavy atom. The Kier molecular flexibility index (Phi) is 7.03. The van der Waals surface area contributed by atoms with Crippen LogP contribution in [0.25, 0.3) is 0 Å². The van der Waals surface area contributed by atoms with Crippen LogP contribution in [-0.2, 0) is 11.2 Å². The number of nitrogens with zero attached hydrogens (tertiary/aromatic N) is 2. The van der Waals surface area contributed by atoms with E-state index in [1.165, 1.54) is 25.3 Å². The molecule has 2 rings (SSSR count). The van der Waals surface area contributed by atoms with Crippen molar-refractivity contribution < 1.29 is 18.7 Å². The fourth-order valence-corrected chi connectivity index (χ4v) is 2.87. The summed E-state index contributed by atoms with van der Waals surface area (Å²) in [5, 5.41) is 2.86. The molecule has 7 heteroatoms. The van der Waals surface area contributed by atoms with Crippen molar-refractivity contribution in [2.45, 2.75) is 26.2 Å². The number of halogens is 1. The summed E-state index contributed by atoms with van der Waals surface area (Å²) in [6, 6.07) is 4.09. The quantitative estimate of drug-likeness (QED) is 0.883. The zero-order chi connectivity index (χ0) is 18.2. The van der Waals surface area contributed by atoms with Crippen LogP contribution in [0, 0.1) is 5.82 Å². The molecule has 0 aliphatic carbocycles. The van der Waals surface area contributed by atoms with Crippen LogP contribution >= 0.6 is 0 Å². The lowest BCUT2D eigenvalue weighted by molar-refractivity contribution is -0.130. The normalized spacial score (nSPS) is 14.8. The van der Waals surface area contributed by atoms with Crippen LogP contribution in [0.5, 0.6) is 5.75 Å². The minimum atomic E-state index is -0.391. The van der Waals surface area contributed by atoms with Gasteiger partial charge in [-0.15, -0.1) is 0 Å². The maximum absolute atomic E-state index is 13.5. The van der Waals surface area contributed by atoms with Crippen molar-refractivity contribution in [2.24, 2.45) is 0 Å². The van der Waals surface area contributed by atoms with Gasteiger partial charge in [0.25, 0.3) is 0 Å². The van der Waals surface area contributed by atoms with Crippen LogP contribution in [0.2, 0.25) is 0 Å². The Morgan fingerprint density at radius 1 is 1.20 bits per heavy atom. The molecule has 1 heterocycles. The van der Waals surface area contributed by atoms with E-state index in [-0.39, 0.29) is 18.4 Å². The van der Waals surface area contributed by atoms with Gasteiger partial charge in [0.1, 0.15) is 11.6 Å². The van der Waals surface area contributed by atoms with Crippen molar-refractivity contribution in [3.05, 3.63) is 29.6 Å². The van der Waals surface area contributed by atoms with Gasteiger partial charge >= 0.3 is 6.03 Å². The standard InChI is InChI=1S/C18H26FN3O3/c1-3-7-20-18(24)22-9-4-8-21(10-11-22)17(23)13-14-12-15(19)5-6-16(14)25-2/h5-6,12H,3-4,7-11,13H2,1-2H3,(H,20,24). The molecule has 1 N–H and O–H groups in total. The number of carbonyl (C=O) groups excluding carboxylic acids is 2. The van der Waals surface area contributed by atoms with E-state index in [0.717, 1.165) is 12.8 Å². The first-order valence-corrected chi connectivity index (χ1v) is 8.68. The predicted molar refractivity (Wildman–Crippen MR) is 93.1 cm³/mol. The summed E-state index contributed by atoms with van der Waals surface area (Å²) >= 11 is 0. The lowest BCUT2D eigenvalue weighted by Crippen LogP contribution is -2.43. The van der Waals surface area contributed by atoms with Gasteiger partial charge in [-0.25, -0.2) is 9.18 Å². The predicted octanol–water partition coefficient (Wildman–Crippen LogP) is 2.03. The van der Waals surface area contributed by atoms with Gasteiger partial charge in [-0.05, 0) is 31.0 Å². The molecule has 0 aromatic heterocycles. The maximum Gasteiger partial charge on any atom is 0.317 e. The van der Waals surface area contributed by atoms with Gasteiger partial charge < -0.3 is 19.9 Å². The number of methoxy groups -OCH3 is 1. The first-order valence-electron chi connectivity index (χ1n) is 8.68. The lowest BCUT2D eigenvalue weighted by Gasteiger charge is -2.22. The lowest BCUT2D eigenvalue weighted by atomic mass is 10.1. The van der Waals surface area contributed by atoms with Crippen LogP contribution < -0.4 is 10.1 Å². The number of urea groups is 1. The highest BCUT2D eigenvalue weighted by Gasteiger charge is 2.22. The molecule has 1 aliphatic rings. The summed E-state index contributed by atoms with van der Waals surface area (Å²) in [7, 11) is 1.50. The number of benzene rings is 1. The van der Waals surface area contributed by atoms with E-state index in [1.54, 1.807) is 9.80 Å². The van der Waals surface area contributed by atoms with E-state index >= 15 is 0 Å². The number of hydrogen-bond acceptors (Lipinski definition) is 3. The summed E-state index contributed by atoms with van der Waals surface area (Å²) in [4.78, 5) is 28.1. The molecular weight excluding hydrogens is 325 g/mol. The van der Waals surface area contributed by atoms with Crippen molar-refractivity contribution >= 4 is 11.9 Å². The SMILES string of the molecule is CCCNC(=O)N1CCCN(C(=O)Cc2cc(F)ccc2OC)CC1. The van der Waals surface area contributed by atoms with Gasteiger partial charge in [-0.1, -0.05) is 6.92 Å². The van der Waals surface area contributed by atoms with Crippen molar-refractivity contribution in [1.82, 2.24) is 15.1 Å². The van der Waals surface area contributed by atoms with Crippen LogP contribution in [-0.4, -0.2) is 61.6 Å². The number of nitrogens with one attached hydrogen (secondary N) is 1. The van der Waals surface area contributed by atoms with Gasteiger partial charge in [0.2, 0.25) is 5.91 Å². The highest BCUT2D eigenvalue weighted by Crippen LogP contribution is 2.20. The molecular formula is C18H26FN3O3. The van der Waals surface area contributed by atoms with Gasteiger partial charge in [0.15, 0.2) is 0 Å². The average molecular weight is 351 g/mol. The minimum Gasteiger partial charge on any atom is -0.496 e. The molecule has 0 unspecified atom stereocenters. The van der Waals surface area contributed by atoms with E-state index in [1.807, 2.05) is 6.92 Å². The Labute approximate surface area is 147 Å². The summed E-state index contributed by atoms with van der Waals surface area (Å²) < 4.78 is 18.7. The zero-order valence-corrected chi connectivity index (χ0v) is 14.9. The first-order chi connectivity index (χ1) is 12.0. The second-order valence-corrected chi connectivity index (χ2v) is 6.09. The first kappa shape index (κ1) is 19.0. The molecule has 0 saturated carbocycles. The minimum absolute atomic E-state index is 0.0806. The number of carbonyl (C=O) groups is 2. The number of ether oxygens (including phenoxy) is 1. The number of hydrogen-bond donors (Lipinski definition) is 1.